The minimum absolute atomic E-state index is 0.388. The van der Waals surface area contributed by atoms with Crippen LogP contribution in [-0.2, 0) is 15.3 Å². The molecule has 7 nitrogen and oxygen atoms in total. The maximum atomic E-state index is 12.5. The first kappa shape index (κ1) is 24.7. The molecule has 3 aromatic rings. The number of carboxylic acids is 1. The average Bonchev–Trinajstić information content (AvgIpc) is 3.14. The second-order valence-electron chi connectivity index (χ2n) is 7.62. The van der Waals surface area contributed by atoms with Crippen molar-refractivity contribution in [1.29, 1.82) is 0 Å². The molecule has 2 unspecified atom stereocenters. The molecular formula is C24H25ClN2O5S. The van der Waals surface area contributed by atoms with Crippen LogP contribution in [0.3, 0.4) is 0 Å². The van der Waals surface area contributed by atoms with E-state index in [4.69, 9.17) is 26.0 Å². The van der Waals surface area contributed by atoms with E-state index in [-0.39, 0.29) is 5.92 Å². The first-order valence-electron chi connectivity index (χ1n) is 10.3. The van der Waals surface area contributed by atoms with Gasteiger partial charge in [0.1, 0.15) is 17.5 Å². The lowest BCUT2D eigenvalue weighted by atomic mass is 10.1. The zero-order valence-corrected chi connectivity index (χ0v) is 20.1. The Bertz CT molecular complexity index is 1120. The molecule has 2 atom stereocenters. The van der Waals surface area contributed by atoms with Crippen LogP contribution in [0.2, 0.25) is 5.02 Å². The molecule has 0 fully saturated rings. The van der Waals surface area contributed by atoms with Crippen molar-refractivity contribution in [3.05, 3.63) is 70.4 Å². The van der Waals surface area contributed by atoms with Crippen LogP contribution in [-0.4, -0.2) is 28.1 Å². The summed E-state index contributed by atoms with van der Waals surface area (Å²) < 4.78 is 10.9. The second kappa shape index (κ2) is 11.2. The van der Waals surface area contributed by atoms with Crippen molar-refractivity contribution in [2.75, 3.05) is 11.1 Å². The molecular weight excluding hydrogens is 464 g/mol. The zero-order chi connectivity index (χ0) is 24.0. The van der Waals surface area contributed by atoms with Crippen LogP contribution in [0.25, 0.3) is 11.3 Å². The third-order valence-corrected chi connectivity index (χ3v) is 6.61. The molecule has 174 valence electrons. The van der Waals surface area contributed by atoms with Crippen molar-refractivity contribution in [2.24, 2.45) is 5.92 Å². The van der Waals surface area contributed by atoms with Gasteiger partial charge in [0.2, 0.25) is 0 Å². The smallest absolute Gasteiger partial charge is 0.412 e. The number of hydrogen-bond acceptors (Lipinski definition) is 6. The average molecular weight is 489 g/mol. The molecule has 9 heteroatoms. The lowest BCUT2D eigenvalue weighted by Gasteiger charge is -2.15. The molecule has 0 bridgehead atoms. The molecule has 1 amide bonds. The molecule has 1 aromatic heterocycles. The summed E-state index contributed by atoms with van der Waals surface area (Å²) in [6.45, 7) is 5.17. The first-order valence-corrected chi connectivity index (χ1v) is 11.9. The number of nitrogens with zero attached hydrogens (tertiary/aromatic N) is 1. The van der Waals surface area contributed by atoms with Crippen LogP contribution < -0.4 is 5.32 Å². The van der Waals surface area contributed by atoms with Crippen molar-refractivity contribution < 1.29 is 24.0 Å². The number of carboxylic acid groups (broad SMARTS) is 1. The standard InChI is InChI=1S/C24H25ClN2O5S/c1-14(23(28)29)12-33-13-17-8-10-18(11-9-17)22-21(15(2)27-32-22)26-24(30)31-16(3)19-6-4-5-7-20(19)25/h4-11,14,16H,12-13H2,1-3H3,(H,26,30)(H,28,29). The van der Waals surface area contributed by atoms with Crippen LogP contribution in [0.4, 0.5) is 10.5 Å². The fourth-order valence-electron chi connectivity index (χ4n) is 3.05. The van der Waals surface area contributed by atoms with Crippen LogP contribution in [0, 0.1) is 12.8 Å². The van der Waals surface area contributed by atoms with Gasteiger partial charge in [-0.05, 0) is 25.5 Å². The van der Waals surface area contributed by atoms with Gasteiger partial charge in [-0.15, -0.1) is 0 Å². The highest BCUT2D eigenvalue weighted by Crippen LogP contribution is 2.32. The van der Waals surface area contributed by atoms with Crippen molar-refractivity contribution >= 4 is 41.1 Å². The van der Waals surface area contributed by atoms with Gasteiger partial charge in [0, 0.05) is 27.7 Å². The maximum Gasteiger partial charge on any atom is 0.412 e. The highest BCUT2D eigenvalue weighted by atomic mass is 35.5. The van der Waals surface area contributed by atoms with E-state index in [1.807, 2.05) is 36.4 Å². The van der Waals surface area contributed by atoms with Gasteiger partial charge in [-0.2, -0.15) is 11.8 Å². The number of halogens is 1. The number of ether oxygens (including phenoxy) is 1. The molecule has 0 aliphatic heterocycles. The summed E-state index contributed by atoms with van der Waals surface area (Å²) >= 11 is 7.75. The van der Waals surface area contributed by atoms with Crippen molar-refractivity contribution in [3.63, 3.8) is 0 Å². The molecule has 0 aliphatic rings. The third kappa shape index (κ3) is 6.52. The molecule has 0 radical (unpaired) electrons. The predicted octanol–water partition coefficient (Wildman–Crippen LogP) is 6.57. The maximum absolute atomic E-state index is 12.5. The summed E-state index contributed by atoms with van der Waals surface area (Å²) in [4.78, 5) is 23.5. The molecule has 0 spiro atoms. The van der Waals surface area contributed by atoms with Crippen molar-refractivity contribution in [2.45, 2.75) is 32.6 Å². The van der Waals surface area contributed by atoms with E-state index in [1.54, 1.807) is 44.7 Å². The number of anilines is 1. The number of benzene rings is 2. The van der Waals surface area contributed by atoms with E-state index in [2.05, 4.69) is 10.5 Å². The van der Waals surface area contributed by atoms with Crippen LogP contribution >= 0.6 is 23.4 Å². The Morgan fingerprint density at radius 3 is 2.55 bits per heavy atom. The third-order valence-electron chi connectivity index (χ3n) is 4.99. The van der Waals surface area contributed by atoms with Crippen LogP contribution in [0.5, 0.6) is 0 Å². The molecule has 1 heterocycles. The van der Waals surface area contributed by atoms with Gasteiger partial charge in [-0.3, -0.25) is 10.1 Å². The SMILES string of the molecule is Cc1noc(-c2ccc(CSCC(C)C(=O)O)cc2)c1NC(=O)OC(C)c1ccccc1Cl. The Kier molecular flexibility index (Phi) is 8.41. The minimum Gasteiger partial charge on any atom is -0.481 e. The van der Waals surface area contributed by atoms with Gasteiger partial charge >= 0.3 is 12.1 Å². The Hall–Kier alpha value is -2.97. The number of rotatable bonds is 9. The van der Waals surface area contributed by atoms with Gasteiger partial charge < -0.3 is 14.4 Å². The van der Waals surface area contributed by atoms with E-state index in [9.17, 15) is 9.59 Å². The zero-order valence-electron chi connectivity index (χ0n) is 18.5. The van der Waals surface area contributed by atoms with Crippen LogP contribution in [0.15, 0.2) is 53.1 Å². The molecule has 2 N–H and O–H groups in total. The number of hydrogen-bond donors (Lipinski definition) is 2. The number of aryl methyl sites for hydroxylation is 1. The molecule has 0 aliphatic carbocycles. The van der Waals surface area contributed by atoms with Gasteiger partial charge in [0.15, 0.2) is 5.76 Å². The number of aromatic nitrogens is 1. The van der Waals surface area contributed by atoms with E-state index in [0.29, 0.717) is 39.2 Å². The number of amides is 1. The van der Waals surface area contributed by atoms with E-state index >= 15 is 0 Å². The first-order chi connectivity index (χ1) is 15.8. The van der Waals surface area contributed by atoms with Crippen LogP contribution in [0.1, 0.15) is 36.8 Å². The monoisotopic (exact) mass is 488 g/mol. The Balaban J connectivity index is 1.65. The fourth-order valence-corrected chi connectivity index (χ4v) is 4.38. The number of nitrogens with one attached hydrogen (secondary N) is 1. The molecule has 3 rings (SSSR count). The second-order valence-corrected chi connectivity index (χ2v) is 9.05. The highest BCUT2D eigenvalue weighted by molar-refractivity contribution is 7.98. The lowest BCUT2D eigenvalue weighted by molar-refractivity contribution is -0.140. The van der Waals surface area contributed by atoms with Crippen molar-refractivity contribution in [3.8, 4) is 11.3 Å². The minimum atomic E-state index is -0.793. The highest BCUT2D eigenvalue weighted by Gasteiger charge is 2.20. The number of aliphatic carboxylic acids is 1. The molecule has 0 saturated heterocycles. The van der Waals surface area contributed by atoms with E-state index < -0.39 is 18.2 Å². The summed E-state index contributed by atoms with van der Waals surface area (Å²) in [5.74, 6) is 0.485. The van der Waals surface area contributed by atoms with E-state index in [0.717, 1.165) is 11.1 Å². The van der Waals surface area contributed by atoms with Gasteiger partial charge in [-0.1, -0.05) is 66.1 Å². The quantitative estimate of drug-likeness (QED) is 0.351. The van der Waals surface area contributed by atoms with Gasteiger partial charge in [0.05, 0.1) is 5.92 Å². The summed E-state index contributed by atoms with van der Waals surface area (Å²) in [5.41, 5.74) is 3.47. The molecule has 2 aromatic carbocycles. The topological polar surface area (TPSA) is 102 Å². The number of thioether (sulfide) groups is 1. The van der Waals surface area contributed by atoms with Crippen molar-refractivity contribution in [1.82, 2.24) is 5.16 Å². The lowest BCUT2D eigenvalue weighted by Crippen LogP contribution is -2.17. The van der Waals surface area contributed by atoms with Gasteiger partial charge in [-0.25, -0.2) is 4.79 Å². The molecule has 0 saturated carbocycles. The normalized spacial score (nSPS) is 12.7. The largest absolute Gasteiger partial charge is 0.481 e. The fraction of sp³-hybridized carbons (Fsp3) is 0.292. The Morgan fingerprint density at radius 1 is 1.18 bits per heavy atom. The molecule has 33 heavy (non-hydrogen) atoms. The number of carbonyl (C=O) groups is 2. The Morgan fingerprint density at radius 2 is 1.88 bits per heavy atom. The van der Waals surface area contributed by atoms with E-state index in [1.165, 1.54) is 0 Å². The Labute approximate surface area is 201 Å². The number of carbonyl (C=O) groups excluding carboxylic acids is 1. The predicted molar refractivity (Wildman–Crippen MR) is 130 cm³/mol. The van der Waals surface area contributed by atoms with Gasteiger partial charge in [0.25, 0.3) is 0 Å². The summed E-state index contributed by atoms with van der Waals surface area (Å²) in [6, 6.07) is 14.8. The summed E-state index contributed by atoms with van der Waals surface area (Å²) in [5, 5.41) is 16.2. The summed E-state index contributed by atoms with van der Waals surface area (Å²) in [7, 11) is 0. The summed E-state index contributed by atoms with van der Waals surface area (Å²) in [6.07, 6.45) is -1.18.